The Balaban J connectivity index is 1.31. The fraction of sp³-hybridized carbons (Fsp3) is 0.300. The number of anilines is 1. The predicted octanol–water partition coefficient (Wildman–Crippen LogP) is 8.49. The Morgan fingerprint density at radius 1 is 0.911 bits per heavy atom. The van der Waals surface area contributed by atoms with E-state index in [9.17, 15) is 45.1 Å². The van der Waals surface area contributed by atoms with Crippen LogP contribution in [0.1, 0.15) is 45.0 Å². The van der Waals surface area contributed by atoms with Crippen molar-refractivity contribution < 1.29 is 49.5 Å². The molecule has 2 aliphatic carbocycles. The van der Waals surface area contributed by atoms with Crippen LogP contribution in [-0.2, 0) is 28.6 Å². The van der Waals surface area contributed by atoms with Crippen LogP contribution in [0.5, 0.6) is 0 Å². The van der Waals surface area contributed by atoms with E-state index in [0.717, 1.165) is 24.3 Å². The number of amides is 1. The van der Waals surface area contributed by atoms with Gasteiger partial charge in [0.2, 0.25) is 5.91 Å². The predicted molar refractivity (Wildman–Crippen MR) is 148 cm³/mol. The summed E-state index contributed by atoms with van der Waals surface area (Å²) in [7, 11) is 0. The third kappa shape index (κ3) is 6.55. The van der Waals surface area contributed by atoms with Gasteiger partial charge < -0.3 is 5.32 Å². The van der Waals surface area contributed by atoms with Crippen molar-refractivity contribution in [2.24, 2.45) is 11.8 Å². The summed E-state index contributed by atoms with van der Waals surface area (Å²) in [5, 5.41) is 2.32. The molecule has 0 heterocycles. The zero-order valence-corrected chi connectivity index (χ0v) is 24.6. The molecule has 15 heteroatoms. The molecule has 1 amide bonds. The maximum atomic E-state index is 15.1. The second kappa shape index (κ2) is 11.5. The minimum atomic E-state index is -5.01. The second-order valence-corrected chi connectivity index (χ2v) is 12.7. The molecule has 3 aromatic rings. The molecule has 0 saturated heterocycles. The van der Waals surface area contributed by atoms with Crippen molar-refractivity contribution in [3.63, 3.8) is 0 Å². The molecular formula is C30H18Cl3F8NO3. The first-order valence-corrected chi connectivity index (χ1v) is 14.2. The number of Topliss-reactive ketones (excluding diaryl/α,β-unsaturated/α-hetero) is 2. The van der Waals surface area contributed by atoms with Crippen molar-refractivity contribution >= 4 is 58.0 Å². The zero-order chi connectivity index (χ0) is 33.2. The monoisotopic (exact) mass is 697 g/mol. The molecule has 238 valence electrons. The van der Waals surface area contributed by atoms with Gasteiger partial charge in [-0.15, -0.1) is 23.2 Å². The van der Waals surface area contributed by atoms with E-state index in [0.29, 0.717) is 12.1 Å². The van der Waals surface area contributed by atoms with Crippen LogP contribution in [0, 0.1) is 29.3 Å². The normalized spacial score (nSPS) is 21.3. The first-order valence-electron chi connectivity index (χ1n) is 13.1. The minimum absolute atomic E-state index is 0.0196. The molecule has 0 aromatic heterocycles. The number of hydrogen-bond donors (Lipinski definition) is 1. The van der Waals surface area contributed by atoms with Crippen LogP contribution in [0.15, 0.2) is 48.5 Å². The van der Waals surface area contributed by atoms with E-state index in [4.69, 9.17) is 34.8 Å². The molecule has 2 fully saturated rings. The highest BCUT2D eigenvalue weighted by atomic mass is 35.5. The van der Waals surface area contributed by atoms with Crippen molar-refractivity contribution in [3.05, 3.63) is 98.8 Å². The number of carbonyl (C=O) groups excluding carboxylic acids is 3. The van der Waals surface area contributed by atoms with Gasteiger partial charge >= 0.3 is 6.18 Å². The summed E-state index contributed by atoms with van der Waals surface area (Å²) >= 11 is 18.6. The summed E-state index contributed by atoms with van der Waals surface area (Å²) in [4.78, 5) is 38.2. The Hall–Kier alpha value is -3.22. The van der Waals surface area contributed by atoms with Crippen LogP contribution < -0.4 is 5.32 Å². The smallest absolute Gasteiger partial charge is 0.326 e. The molecule has 45 heavy (non-hydrogen) atoms. The first kappa shape index (κ1) is 33.2. The van der Waals surface area contributed by atoms with E-state index in [2.05, 4.69) is 5.32 Å². The fourth-order valence-electron chi connectivity index (χ4n) is 5.13. The summed E-state index contributed by atoms with van der Waals surface area (Å²) in [6, 6.07) is 7.52. The molecule has 0 spiro atoms. The molecule has 5 rings (SSSR count). The Morgan fingerprint density at radius 2 is 1.56 bits per heavy atom. The molecule has 0 aliphatic heterocycles. The van der Waals surface area contributed by atoms with Gasteiger partial charge in [0.05, 0.1) is 22.4 Å². The SMILES string of the molecule is O=C(Cc1ccc(F)c(CC(=O)C2CC2(F)F)c1F)c1cc(NC(=O)[C@H]2[C@H](c3ccc(F)c(C(F)(F)F)c3)C2(Cl)Cl)ccc1Cl. The molecule has 1 N–H and O–H groups in total. The van der Waals surface area contributed by atoms with Crippen molar-refractivity contribution in [1.82, 2.24) is 0 Å². The standard InChI is InChI=1S/C30H18Cl3F8NO3/c31-19-4-3-14(42-27(45)25-24(29(25,32)33)12-1-6-21(35)17(7-12)30(39,40)41)9-15(19)22(43)8-13-2-5-20(34)16(26(13)36)10-23(44)18-11-28(18,37)38/h1-7,9,18,24-25H,8,10-11H2,(H,42,45)/t18?,24-,25+/m0/s1. The minimum Gasteiger partial charge on any atom is -0.326 e. The lowest BCUT2D eigenvalue weighted by molar-refractivity contribution is -0.140. The van der Waals surface area contributed by atoms with Crippen LogP contribution in [0.25, 0.3) is 0 Å². The number of alkyl halides is 7. The van der Waals surface area contributed by atoms with E-state index < -0.39 is 99.5 Å². The van der Waals surface area contributed by atoms with Crippen molar-refractivity contribution in [1.29, 1.82) is 0 Å². The summed E-state index contributed by atoms with van der Waals surface area (Å²) < 4.78 is 107. The van der Waals surface area contributed by atoms with Crippen molar-refractivity contribution in [2.75, 3.05) is 5.32 Å². The summed E-state index contributed by atoms with van der Waals surface area (Å²) in [5.74, 6) is -13.9. The third-order valence-electron chi connectivity index (χ3n) is 7.71. The van der Waals surface area contributed by atoms with Crippen molar-refractivity contribution in [2.45, 2.75) is 41.6 Å². The maximum absolute atomic E-state index is 15.1. The number of benzene rings is 3. The number of ketones is 2. The number of carbonyl (C=O) groups is 3. The lowest BCUT2D eigenvalue weighted by Gasteiger charge is -2.12. The lowest BCUT2D eigenvalue weighted by Crippen LogP contribution is -2.18. The van der Waals surface area contributed by atoms with Gasteiger partial charge in [-0.2, -0.15) is 13.2 Å². The maximum Gasteiger partial charge on any atom is 0.419 e. The molecule has 3 aromatic carbocycles. The summed E-state index contributed by atoms with van der Waals surface area (Å²) in [6.45, 7) is 0. The Kier molecular flexibility index (Phi) is 8.50. The first-order chi connectivity index (χ1) is 20.8. The molecule has 2 saturated carbocycles. The highest BCUT2D eigenvalue weighted by molar-refractivity contribution is 6.53. The van der Waals surface area contributed by atoms with Crippen LogP contribution in [0.3, 0.4) is 0 Å². The molecule has 2 aliphatic rings. The van der Waals surface area contributed by atoms with Gasteiger partial charge in [-0.3, -0.25) is 14.4 Å². The second-order valence-electron chi connectivity index (χ2n) is 10.8. The zero-order valence-electron chi connectivity index (χ0n) is 22.4. The molecule has 0 bridgehead atoms. The van der Waals surface area contributed by atoms with E-state index in [1.165, 1.54) is 12.1 Å². The van der Waals surface area contributed by atoms with Crippen molar-refractivity contribution in [3.8, 4) is 0 Å². The van der Waals surface area contributed by atoms with Gasteiger partial charge in [0.25, 0.3) is 5.92 Å². The summed E-state index contributed by atoms with van der Waals surface area (Å²) in [5.41, 5.74) is -3.02. The molecule has 4 nitrogen and oxygen atoms in total. The number of hydrogen-bond acceptors (Lipinski definition) is 3. The average molecular weight is 699 g/mol. The van der Waals surface area contributed by atoms with E-state index >= 15 is 4.39 Å². The van der Waals surface area contributed by atoms with Gasteiger partial charge in [0, 0.05) is 42.0 Å². The summed E-state index contributed by atoms with van der Waals surface area (Å²) in [6.07, 6.45) is -7.33. The molecule has 1 unspecified atom stereocenters. The highest BCUT2D eigenvalue weighted by Crippen LogP contribution is 2.65. The topological polar surface area (TPSA) is 63.2 Å². The number of rotatable bonds is 9. The van der Waals surface area contributed by atoms with Crippen LogP contribution in [0.4, 0.5) is 40.8 Å². The van der Waals surface area contributed by atoms with E-state index in [1.54, 1.807) is 0 Å². The van der Waals surface area contributed by atoms with Gasteiger partial charge in [0.1, 0.15) is 27.6 Å². The molecule has 3 atom stereocenters. The number of halogens is 11. The van der Waals surface area contributed by atoms with E-state index in [-0.39, 0.29) is 27.4 Å². The highest BCUT2D eigenvalue weighted by Gasteiger charge is 2.68. The van der Waals surface area contributed by atoms with Gasteiger partial charge in [-0.25, -0.2) is 22.0 Å². The Labute approximate surface area is 264 Å². The Bertz CT molecular complexity index is 1740. The molecular weight excluding hydrogens is 681 g/mol. The van der Waals surface area contributed by atoms with Gasteiger partial charge in [0.15, 0.2) is 5.78 Å². The number of nitrogens with one attached hydrogen (secondary N) is 1. The third-order valence-corrected chi connectivity index (χ3v) is 8.98. The van der Waals surface area contributed by atoms with Crippen LogP contribution >= 0.6 is 34.8 Å². The van der Waals surface area contributed by atoms with Crippen LogP contribution in [0.2, 0.25) is 5.02 Å². The largest absolute Gasteiger partial charge is 0.419 e. The average Bonchev–Trinajstić information content (AvgIpc) is 3.78. The van der Waals surface area contributed by atoms with Gasteiger partial charge in [-0.1, -0.05) is 23.7 Å². The van der Waals surface area contributed by atoms with E-state index in [1.807, 2.05) is 0 Å². The lowest BCUT2D eigenvalue weighted by atomic mass is 9.97. The fourth-order valence-corrected chi connectivity index (χ4v) is 6.18. The van der Waals surface area contributed by atoms with Crippen LogP contribution in [-0.4, -0.2) is 27.7 Å². The van der Waals surface area contributed by atoms with Gasteiger partial charge in [-0.05, 0) is 47.5 Å². The Morgan fingerprint density at radius 3 is 2.18 bits per heavy atom. The quantitative estimate of drug-likeness (QED) is 0.139. The molecule has 0 radical (unpaired) electrons.